The molecule has 0 saturated carbocycles. The Morgan fingerprint density at radius 1 is 0.971 bits per heavy atom. The lowest BCUT2D eigenvalue weighted by atomic mass is 9.88. The first-order valence-electron chi connectivity index (χ1n) is 12.7. The van der Waals surface area contributed by atoms with Crippen molar-refractivity contribution in [2.24, 2.45) is 5.92 Å². The number of fused-ring (bicyclic) bond motifs is 1. The van der Waals surface area contributed by atoms with E-state index in [1.807, 2.05) is 56.5 Å². The molecule has 1 unspecified atom stereocenters. The lowest BCUT2D eigenvalue weighted by Gasteiger charge is -2.29. The van der Waals surface area contributed by atoms with E-state index in [0.717, 1.165) is 63.5 Å². The first kappa shape index (κ1) is 25.1. The highest BCUT2D eigenvalue weighted by atomic mass is 16.5. The van der Waals surface area contributed by atoms with Gasteiger partial charge in [-0.1, -0.05) is 44.9 Å². The third kappa shape index (κ3) is 4.89. The van der Waals surface area contributed by atoms with Crippen molar-refractivity contribution in [2.75, 3.05) is 0 Å². The maximum absolute atomic E-state index is 11.4. The molecule has 0 bridgehead atoms. The van der Waals surface area contributed by atoms with Crippen LogP contribution < -0.4 is 4.74 Å². The maximum atomic E-state index is 11.4. The van der Waals surface area contributed by atoms with Crippen molar-refractivity contribution in [2.45, 2.75) is 73.1 Å². The Hall–Kier alpha value is -3.02. The summed E-state index contributed by atoms with van der Waals surface area (Å²) in [5.74, 6) is 0.990. The first-order chi connectivity index (χ1) is 16.7. The fraction of sp³-hybridized carbons (Fsp3) is 0.400. The topological polar surface area (TPSA) is 57.9 Å². The van der Waals surface area contributed by atoms with Crippen LogP contribution in [0.1, 0.15) is 80.2 Å². The Balaban J connectivity index is 1.87. The summed E-state index contributed by atoms with van der Waals surface area (Å²) >= 11 is 0. The van der Waals surface area contributed by atoms with E-state index in [0.29, 0.717) is 6.54 Å². The summed E-state index contributed by atoms with van der Waals surface area (Å²) in [5.41, 5.74) is 7.86. The molecule has 5 nitrogen and oxygen atoms in total. The quantitative estimate of drug-likeness (QED) is 0.367. The lowest BCUT2D eigenvalue weighted by Crippen LogP contribution is -2.24. The molecular formula is C30H38N2O3. The van der Waals surface area contributed by atoms with Gasteiger partial charge in [0.1, 0.15) is 5.75 Å². The Labute approximate surface area is 209 Å². The molecule has 0 saturated heterocycles. The molecule has 0 radical (unpaired) electrons. The molecule has 2 aromatic carbocycles. The van der Waals surface area contributed by atoms with Gasteiger partial charge in [0.25, 0.3) is 0 Å². The molecule has 0 amide bonds. The Morgan fingerprint density at radius 3 is 2.17 bits per heavy atom. The molecule has 1 aliphatic heterocycles. The minimum Gasteiger partial charge on any atom is -0.491 e. The van der Waals surface area contributed by atoms with Gasteiger partial charge in [0.05, 0.1) is 30.1 Å². The molecule has 2 N–H and O–H groups in total. The van der Waals surface area contributed by atoms with Gasteiger partial charge in [0, 0.05) is 28.6 Å². The molecule has 2 heterocycles. The van der Waals surface area contributed by atoms with Gasteiger partial charge in [-0.25, -0.2) is 0 Å². The summed E-state index contributed by atoms with van der Waals surface area (Å²) in [7, 11) is 0. The largest absolute Gasteiger partial charge is 0.491 e. The number of aliphatic hydroxyl groups is 1. The van der Waals surface area contributed by atoms with Crippen LogP contribution in [0.5, 0.6) is 5.75 Å². The number of hydrogen-bond donors (Lipinski definition) is 2. The average Bonchev–Trinajstić information content (AvgIpc) is 3.18. The van der Waals surface area contributed by atoms with Crippen LogP contribution in [-0.2, 0) is 6.54 Å². The van der Waals surface area contributed by atoms with Crippen molar-refractivity contribution in [3.63, 3.8) is 0 Å². The highest BCUT2D eigenvalue weighted by Gasteiger charge is 2.30. The van der Waals surface area contributed by atoms with Crippen molar-refractivity contribution in [3.05, 3.63) is 82.2 Å². The number of aryl methyl sites for hydroxylation is 2. The first-order valence-corrected chi connectivity index (χ1v) is 12.7. The Kier molecular flexibility index (Phi) is 7.39. The second-order valence-corrected chi connectivity index (χ2v) is 9.85. The maximum Gasteiger partial charge on any atom is 0.119 e. The van der Waals surface area contributed by atoms with E-state index in [1.54, 1.807) is 0 Å². The van der Waals surface area contributed by atoms with Crippen LogP contribution in [0.3, 0.4) is 0 Å². The van der Waals surface area contributed by atoms with Crippen molar-refractivity contribution in [1.29, 1.82) is 0 Å². The number of aromatic nitrogens is 1. The van der Waals surface area contributed by atoms with Gasteiger partial charge in [-0.2, -0.15) is 0 Å². The van der Waals surface area contributed by atoms with Crippen LogP contribution >= 0.6 is 0 Å². The average molecular weight is 475 g/mol. The zero-order valence-corrected chi connectivity index (χ0v) is 21.7. The summed E-state index contributed by atoms with van der Waals surface area (Å²) in [6.45, 7) is 12.7. The molecular weight excluding hydrogens is 436 g/mol. The van der Waals surface area contributed by atoms with E-state index in [4.69, 9.17) is 4.74 Å². The fourth-order valence-corrected chi connectivity index (χ4v) is 5.18. The predicted molar refractivity (Wildman–Crippen MR) is 142 cm³/mol. The highest BCUT2D eigenvalue weighted by molar-refractivity contribution is 5.86. The third-order valence-electron chi connectivity index (χ3n) is 7.08. The van der Waals surface area contributed by atoms with Crippen LogP contribution in [0, 0.1) is 19.8 Å². The van der Waals surface area contributed by atoms with Crippen LogP contribution in [0.2, 0.25) is 0 Å². The number of hydroxylamine groups is 2. The van der Waals surface area contributed by atoms with Gasteiger partial charge in [-0.05, 0) is 75.1 Å². The van der Waals surface area contributed by atoms with Crippen molar-refractivity contribution >= 4 is 11.8 Å². The minimum atomic E-state index is -0.579. The summed E-state index contributed by atoms with van der Waals surface area (Å²) in [6.07, 6.45) is 5.42. The van der Waals surface area contributed by atoms with Crippen LogP contribution in [0.25, 0.3) is 17.5 Å². The van der Waals surface area contributed by atoms with Crippen LogP contribution in [-0.4, -0.2) is 26.0 Å². The number of hydrogen-bond acceptors (Lipinski definition) is 4. The summed E-state index contributed by atoms with van der Waals surface area (Å²) in [6, 6.07) is 14.2. The second-order valence-electron chi connectivity index (χ2n) is 9.85. The van der Waals surface area contributed by atoms with Gasteiger partial charge in [-0.3, -0.25) is 10.3 Å². The predicted octanol–water partition coefficient (Wildman–Crippen LogP) is 7.05. The Bertz CT molecular complexity index is 1180. The van der Waals surface area contributed by atoms with E-state index in [-0.39, 0.29) is 12.0 Å². The molecule has 1 aliphatic rings. The molecule has 4 rings (SSSR count). The molecule has 5 heteroatoms. The van der Waals surface area contributed by atoms with E-state index >= 15 is 0 Å². The van der Waals surface area contributed by atoms with Crippen molar-refractivity contribution in [1.82, 2.24) is 9.63 Å². The molecule has 0 aliphatic carbocycles. The zero-order valence-electron chi connectivity index (χ0n) is 21.7. The summed E-state index contributed by atoms with van der Waals surface area (Å²) in [5, 5.41) is 23.9. The fourth-order valence-electron chi connectivity index (χ4n) is 5.18. The van der Waals surface area contributed by atoms with E-state index in [1.165, 1.54) is 5.06 Å². The SMILES string of the molecule is CCC(CC)C(O)c1cn(-c2ccc(OC(C)C)cc2)c2c1C=C(c1c(C)cccc1C)N(O)C2. The molecule has 1 aromatic heterocycles. The normalized spacial score (nSPS) is 14.3. The standard InChI is InChI=1S/C30H38N2O3/c1-7-22(8-2)30(33)26-17-31(23-12-14-24(15-13-23)35-19(3)4)28-18-32(34)27(16-25(26)28)29-20(5)10-9-11-21(29)6/h9-17,19,22,30,33-34H,7-8,18H2,1-6H3. The number of benzene rings is 2. The molecule has 0 fully saturated rings. The van der Waals surface area contributed by atoms with Gasteiger partial charge >= 0.3 is 0 Å². The van der Waals surface area contributed by atoms with E-state index < -0.39 is 6.10 Å². The van der Waals surface area contributed by atoms with Gasteiger partial charge in [0.2, 0.25) is 0 Å². The second kappa shape index (κ2) is 10.3. The third-order valence-corrected chi connectivity index (χ3v) is 7.08. The van der Waals surface area contributed by atoms with Crippen LogP contribution in [0.15, 0.2) is 48.7 Å². The molecule has 35 heavy (non-hydrogen) atoms. The number of nitrogens with zero attached hydrogens (tertiary/aromatic N) is 2. The number of rotatable bonds is 8. The van der Waals surface area contributed by atoms with E-state index in [2.05, 4.69) is 44.4 Å². The van der Waals surface area contributed by atoms with Gasteiger partial charge in [0.15, 0.2) is 0 Å². The molecule has 3 aromatic rings. The van der Waals surface area contributed by atoms with Crippen molar-refractivity contribution < 1.29 is 15.1 Å². The van der Waals surface area contributed by atoms with Crippen molar-refractivity contribution in [3.8, 4) is 11.4 Å². The minimum absolute atomic E-state index is 0.110. The van der Waals surface area contributed by atoms with E-state index in [9.17, 15) is 10.3 Å². The highest BCUT2D eigenvalue weighted by Crippen LogP contribution is 2.40. The molecule has 0 spiro atoms. The lowest BCUT2D eigenvalue weighted by molar-refractivity contribution is -0.0375. The molecule has 186 valence electrons. The smallest absolute Gasteiger partial charge is 0.119 e. The summed E-state index contributed by atoms with van der Waals surface area (Å²) in [4.78, 5) is 0. The van der Waals surface area contributed by atoms with Gasteiger partial charge in [-0.15, -0.1) is 0 Å². The van der Waals surface area contributed by atoms with Gasteiger partial charge < -0.3 is 14.4 Å². The number of ether oxygens (including phenoxy) is 1. The zero-order chi connectivity index (χ0) is 25.3. The number of aliphatic hydroxyl groups excluding tert-OH is 1. The van der Waals surface area contributed by atoms with Crippen LogP contribution in [0.4, 0.5) is 0 Å². The Morgan fingerprint density at radius 2 is 1.60 bits per heavy atom. The summed E-state index contributed by atoms with van der Waals surface area (Å²) < 4.78 is 7.91. The monoisotopic (exact) mass is 474 g/mol. The molecule has 1 atom stereocenters.